The molecule has 0 bridgehead atoms. The fourth-order valence-corrected chi connectivity index (χ4v) is 7.81. The molecule has 196 valence electrons. The lowest BCUT2D eigenvalue weighted by Gasteiger charge is -2.41. The average Bonchev–Trinajstić information content (AvgIpc) is 3.55. The third kappa shape index (κ3) is 2.68. The van der Waals surface area contributed by atoms with Crippen molar-refractivity contribution in [1.29, 1.82) is 0 Å². The Bertz CT molecular complexity index is 2460. The molecule has 3 nitrogen and oxygen atoms in total. The van der Waals surface area contributed by atoms with Crippen molar-refractivity contribution in [2.24, 2.45) is 0 Å². The topological polar surface area (TPSA) is 21.3 Å². The van der Waals surface area contributed by atoms with Gasteiger partial charge >= 0.3 is 6.85 Å². The molecular formula is C38H25BN2O. The number of benzene rings is 6. The lowest BCUT2D eigenvalue weighted by molar-refractivity contribution is 0.669. The first kappa shape index (κ1) is 22.5. The van der Waals surface area contributed by atoms with Gasteiger partial charge in [-0.3, -0.25) is 0 Å². The van der Waals surface area contributed by atoms with Crippen molar-refractivity contribution in [3.8, 4) is 11.1 Å². The Balaban J connectivity index is 1.48. The Morgan fingerprint density at radius 1 is 0.619 bits per heavy atom. The standard InChI is InChI=1S/C38H25BN2O/c1-22-9-7-10-24(19-22)40-32-20-23(2)17-18-30(32)39-36-29(21-34-35(38(36)40)28-12-4-6-16-33(28)42-34)27-14-8-13-26-25-11-3-5-15-31(25)41(39)37(26)27/h3-21H,1-2H3. The van der Waals surface area contributed by atoms with Crippen LogP contribution in [0.3, 0.4) is 0 Å². The zero-order valence-electron chi connectivity index (χ0n) is 23.3. The SMILES string of the molecule is Cc1cccc(N2c3cc(C)ccc3B3c4c(cc5oc6ccccc6c5c42)-c2cccc4c5ccccc5n3c24)c1. The van der Waals surface area contributed by atoms with Crippen LogP contribution >= 0.6 is 0 Å². The fourth-order valence-electron chi connectivity index (χ4n) is 7.81. The average molecular weight is 536 g/mol. The summed E-state index contributed by atoms with van der Waals surface area (Å²) in [5.74, 6) is 0. The van der Waals surface area contributed by atoms with Gasteiger partial charge in [0.2, 0.25) is 0 Å². The molecular weight excluding hydrogens is 511 g/mol. The molecule has 0 N–H and O–H groups in total. The summed E-state index contributed by atoms with van der Waals surface area (Å²) in [6.45, 7) is 4.40. The van der Waals surface area contributed by atoms with Crippen LogP contribution in [0.4, 0.5) is 17.1 Å². The Morgan fingerprint density at radius 2 is 1.40 bits per heavy atom. The Hall–Kier alpha value is -5.22. The van der Waals surface area contributed by atoms with Crippen molar-refractivity contribution >= 4 is 78.6 Å². The number of aromatic nitrogens is 1. The molecule has 2 aliphatic rings. The van der Waals surface area contributed by atoms with E-state index in [1.54, 1.807) is 0 Å². The summed E-state index contributed by atoms with van der Waals surface area (Å²) in [5, 5.41) is 4.93. The number of rotatable bonds is 1. The van der Waals surface area contributed by atoms with Gasteiger partial charge in [-0.2, -0.15) is 0 Å². The van der Waals surface area contributed by atoms with E-state index in [0.29, 0.717) is 0 Å². The molecule has 42 heavy (non-hydrogen) atoms. The minimum atomic E-state index is 0.0296. The van der Waals surface area contributed by atoms with Crippen LogP contribution in [0.2, 0.25) is 0 Å². The third-order valence-corrected chi connectivity index (χ3v) is 9.44. The summed E-state index contributed by atoms with van der Waals surface area (Å²) in [5.41, 5.74) is 15.7. The molecule has 0 fully saturated rings. The van der Waals surface area contributed by atoms with E-state index < -0.39 is 0 Å². The lowest BCUT2D eigenvalue weighted by atomic mass is 9.45. The summed E-state index contributed by atoms with van der Waals surface area (Å²) in [4.78, 5) is 2.51. The first-order chi connectivity index (χ1) is 20.7. The molecule has 0 spiro atoms. The van der Waals surface area contributed by atoms with E-state index in [4.69, 9.17) is 4.42 Å². The summed E-state index contributed by atoms with van der Waals surface area (Å²) in [6.07, 6.45) is 0. The molecule has 0 saturated heterocycles. The van der Waals surface area contributed by atoms with Gasteiger partial charge in [0.15, 0.2) is 0 Å². The molecule has 2 aromatic heterocycles. The number of nitrogens with zero attached hydrogens (tertiary/aromatic N) is 2. The van der Waals surface area contributed by atoms with Crippen molar-refractivity contribution in [2.75, 3.05) is 4.90 Å². The molecule has 8 aromatic rings. The molecule has 0 saturated carbocycles. The maximum atomic E-state index is 6.65. The largest absolute Gasteiger partial charge is 0.456 e. The van der Waals surface area contributed by atoms with Gasteiger partial charge in [-0.05, 0) is 77.9 Å². The van der Waals surface area contributed by atoms with E-state index in [9.17, 15) is 0 Å². The molecule has 0 radical (unpaired) electrons. The molecule has 0 aliphatic carbocycles. The van der Waals surface area contributed by atoms with Crippen molar-refractivity contribution in [3.63, 3.8) is 0 Å². The monoisotopic (exact) mass is 536 g/mol. The zero-order valence-corrected chi connectivity index (χ0v) is 23.3. The van der Waals surface area contributed by atoms with E-state index >= 15 is 0 Å². The minimum Gasteiger partial charge on any atom is -0.456 e. The summed E-state index contributed by atoms with van der Waals surface area (Å²) < 4.78 is 9.26. The number of para-hydroxylation sites is 3. The maximum absolute atomic E-state index is 6.65. The van der Waals surface area contributed by atoms with E-state index in [1.807, 2.05) is 0 Å². The van der Waals surface area contributed by atoms with Crippen LogP contribution in [0.25, 0.3) is 54.9 Å². The van der Waals surface area contributed by atoms with Gasteiger partial charge < -0.3 is 13.8 Å². The number of anilines is 3. The van der Waals surface area contributed by atoms with Gasteiger partial charge in [-0.1, -0.05) is 78.9 Å². The quantitative estimate of drug-likeness (QED) is 0.196. The second-order valence-corrected chi connectivity index (χ2v) is 11.9. The normalized spacial score (nSPS) is 13.4. The highest BCUT2D eigenvalue weighted by Crippen LogP contribution is 2.49. The van der Waals surface area contributed by atoms with Gasteiger partial charge in [-0.15, -0.1) is 0 Å². The van der Waals surface area contributed by atoms with Crippen LogP contribution in [-0.2, 0) is 0 Å². The first-order valence-electron chi connectivity index (χ1n) is 14.6. The van der Waals surface area contributed by atoms with E-state index in [1.165, 1.54) is 77.4 Å². The van der Waals surface area contributed by atoms with Crippen LogP contribution in [0.15, 0.2) is 120 Å². The summed E-state index contributed by atoms with van der Waals surface area (Å²) in [7, 11) is 0. The summed E-state index contributed by atoms with van der Waals surface area (Å²) >= 11 is 0. The van der Waals surface area contributed by atoms with E-state index in [-0.39, 0.29) is 6.85 Å². The Morgan fingerprint density at radius 3 is 2.31 bits per heavy atom. The highest BCUT2D eigenvalue weighted by Gasteiger charge is 2.44. The molecule has 6 aromatic carbocycles. The van der Waals surface area contributed by atoms with Crippen LogP contribution in [-0.4, -0.2) is 11.3 Å². The number of hydrogen-bond acceptors (Lipinski definition) is 2. The maximum Gasteiger partial charge on any atom is 0.333 e. The second-order valence-electron chi connectivity index (χ2n) is 11.9. The first-order valence-corrected chi connectivity index (χ1v) is 14.6. The zero-order chi connectivity index (χ0) is 27.7. The van der Waals surface area contributed by atoms with Crippen LogP contribution in [0.5, 0.6) is 0 Å². The Labute approximate surface area is 243 Å². The molecule has 2 aliphatic heterocycles. The molecule has 0 amide bonds. The Kier molecular flexibility index (Phi) is 4.14. The van der Waals surface area contributed by atoms with Gasteiger partial charge in [0, 0.05) is 44.1 Å². The third-order valence-electron chi connectivity index (χ3n) is 9.44. The van der Waals surface area contributed by atoms with Crippen molar-refractivity contribution in [2.45, 2.75) is 13.8 Å². The molecule has 0 unspecified atom stereocenters. The van der Waals surface area contributed by atoms with Crippen molar-refractivity contribution in [3.05, 3.63) is 126 Å². The predicted octanol–water partition coefficient (Wildman–Crippen LogP) is 8.73. The predicted molar refractivity (Wildman–Crippen MR) is 177 cm³/mol. The van der Waals surface area contributed by atoms with E-state index in [2.05, 4.69) is 138 Å². The molecule has 0 atom stereocenters. The fraction of sp³-hybridized carbons (Fsp3) is 0.0526. The molecule has 4 heteroatoms. The number of aryl methyl sites for hydroxylation is 2. The number of hydrogen-bond donors (Lipinski definition) is 0. The van der Waals surface area contributed by atoms with E-state index in [0.717, 1.165) is 16.6 Å². The summed E-state index contributed by atoms with van der Waals surface area (Å²) in [6, 6.07) is 42.4. The highest BCUT2D eigenvalue weighted by atomic mass is 16.3. The lowest BCUT2D eigenvalue weighted by Crippen LogP contribution is -2.56. The number of fused-ring (bicyclic) bond motifs is 11. The van der Waals surface area contributed by atoms with Gasteiger partial charge in [0.25, 0.3) is 0 Å². The van der Waals surface area contributed by atoms with Crippen molar-refractivity contribution < 1.29 is 4.42 Å². The van der Waals surface area contributed by atoms with Gasteiger partial charge in [-0.25, -0.2) is 0 Å². The van der Waals surface area contributed by atoms with Crippen LogP contribution < -0.4 is 15.8 Å². The molecule has 4 heterocycles. The minimum absolute atomic E-state index is 0.0296. The molecule has 10 rings (SSSR count). The van der Waals surface area contributed by atoms with Gasteiger partial charge in [0.05, 0.1) is 11.1 Å². The highest BCUT2D eigenvalue weighted by molar-refractivity contribution is 6.90. The smallest absolute Gasteiger partial charge is 0.333 e. The number of furan rings is 1. The second kappa shape index (κ2) is 7.74. The van der Waals surface area contributed by atoms with Crippen molar-refractivity contribution in [1.82, 2.24) is 4.48 Å². The van der Waals surface area contributed by atoms with Crippen LogP contribution in [0, 0.1) is 13.8 Å². The van der Waals surface area contributed by atoms with Crippen LogP contribution in [0.1, 0.15) is 11.1 Å². The van der Waals surface area contributed by atoms with Gasteiger partial charge in [0.1, 0.15) is 11.2 Å².